The zero-order chi connectivity index (χ0) is 26.2. The second-order valence-corrected chi connectivity index (χ2v) is 10.0. The van der Waals surface area contributed by atoms with Crippen LogP contribution in [0.25, 0.3) is 10.8 Å². The highest BCUT2D eigenvalue weighted by Gasteiger charge is 2.31. The number of aromatic amines is 1. The Labute approximate surface area is 228 Å². The highest BCUT2D eigenvalue weighted by molar-refractivity contribution is 6.23. The maximum atomic E-state index is 5.11. The summed E-state index contributed by atoms with van der Waals surface area (Å²) in [6.07, 6.45) is -0.850. The second-order valence-electron chi connectivity index (χ2n) is 10.0. The molecule has 2 unspecified atom stereocenters. The fraction of sp³-hybridized carbons (Fsp3) is 0.0625. The standard InChI is InChI=1S/C32H20N8/c1-2-10-18-17(9-1)25-33-26(18)38-28-21-13-5-6-14-22(21)30(35-28)40-32-24-16-8-7-15-23(24)31(36-32)39-29-20-12-4-3-11-19(20)27(34-29)37-25/h1-16,25,30H,(H,33,35,38)(H,34,36,37,39,40). The lowest BCUT2D eigenvalue weighted by Gasteiger charge is -2.08. The lowest BCUT2D eigenvalue weighted by Crippen LogP contribution is -2.30. The summed E-state index contributed by atoms with van der Waals surface area (Å²) in [5.41, 5.74) is 7.39. The number of benzene rings is 4. The summed E-state index contributed by atoms with van der Waals surface area (Å²) >= 11 is 0. The number of amidine groups is 4. The first-order chi connectivity index (χ1) is 19.8. The molecule has 0 saturated carbocycles. The number of aliphatic imine (C=N–C) groups is 4. The van der Waals surface area contributed by atoms with Gasteiger partial charge in [0.25, 0.3) is 0 Å². The monoisotopic (exact) mass is 516 g/mol. The van der Waals surface area contributed by atoms with Gasteiger partial charge in [-0.1, -0.05) is 97.1 Å². The first-order valence-electron chi connectivity index (χ1n) is 13.2. The lowest BCUT2D eigenvalue weighted by atomic mass is 10.1. The van der Waals surface area contributed by atoms with Crippen LogP contribution in [0.3, 0.4) is 0 Å². The summed E-state index contributed by atoms with van der Waals surface area (Å²) in [4.78, 5) is 33.7. The molecule has 8 bridgehead atoms. The summed E-state index contributed by atoms with van der Waals surface area (Å²) < 4.78 is 0. The van der Waals surface area contributed by atoms with Crippen LogP contribution in [0.4, 0.5) is 0 Å². The second kappa shape index (κ2) is 8.00. The summed E-state index contributed by atoms with van der Waals surface area (Å²) in [7, 11) is 0. The number of rotatable bonds is 0. The molecule has 5 heterocycles. The molecule has 40 heavy (non-hydrogen) atoms. The van der Waals surface area contributed by atoms with Crippen LogP contribution < -0.4 is 16.3 Å². The largest absolute Gasteiger partial charge is 0.324 e. The minimum Gasteiger partial charge on any atom is -0.324 e. The van der Waals surface area contributed by atoms with E-state index in [0.29, 0.717) is 17.2 Å². The summed E-state index contributed by atoms with van der Waals surface area (Å²) in [6, 6.07) is 32.6. The highest BCUT2D eigenvalue weighted by Crippen LogP contribution is 2.34. The van der Waals surface area contributed by atoms with Gasteiger partial charge in [-0.2, -0.15) is 0 Å². The maximum absolute atomic E-state index is 5.11. The Morgan fingerprint density at radius 1 is 0.450 bits per heavy atom. The first kappa shape index (κ1) is 21.4. The average Bonchev–Trinajstić information content (AvgIpc) is 3.73. The Balaban J connectivity index is 1.36. The minimum absolute atomic E-state index is 0.413. The minimum atomic E-state index is -0.437. The number of hydrogen-bond acceptors (Lipinski definition) is 7. The van der Waals surface area contributed by atoms with E-state index in [1.54, 1.807) is 0 Å². The molecule has 0 aliphatic carbocycles. The van der Waals surface area contributed by atoms with Crippen LogP contribution in [0.15, 0.2) is 127 Å². The third-order valence-corrected chi connectivity index (χ3v) is 7.74. The number of aromatic nitrogens is 1. The van der Waals surface area contributed by atoms with Gasteiger partial charge in [0.05, 0.1) is 0 Å². The Morgan fingerprint density at radius 2 is 0.975 bits per heavy atom. The molecular formula is C32H20N8. The fourth-order valence-corrected chi connectivity index (χ4v) is 5.86. The molecule has 2 N–H and O–H groups in total. The normalized spacial score (nSPS) is 19.7. The third kappa shape index (κ3) is 3.07. The number of nitrogens with one attached hydrogen (secondary N) is 2. The van der Waals surface area contributed by atoms with E-state index < -0.39 is 12.3 Å². The predicted octanol–water partition coefficient (Wildman–Crippen LogP) is 4.14. The van der Waals surface area contributed by atoms with Crippen LogP contribution in [-0.4, -0.2) is 28.3 Å². The van der Waals surface area contributed by atoms with Gasteiger partial charge in [-0.3, -0.25) is 0 Å². The van der Waals surface area contributed by atoms with Crippen molar-refractivity contribution in [1.82, 2.24) is 10.3 Å². The van der Waals surface area contributed by atoms with Gasteiger partial charge in [-0.25, -0.2) is 30.0 Å². The lowest BCUT2D eigenvalue weighted by molar-refractivity contribution is 0.759. The number of hydrogen-bond donors (Lipinski definition) is 2. The Kier molecular flexibility index (Phi) is 4.29. The molecule has 0 fully saturated rings. The Bertz CT molecular complexity index is 2160. The average molecular weight is 517 g/mol. The highest BCUT2D eigenvalue weighted by atomic mass is 15.2. The van der Waals surface area contributed by atoms with Gasteiger partial charge in [-0.05, 0) is 0 Å². The number of fused-ring (bicyclic) bond motifs is 17. The molecule has 0 amide bonds. The SMILES string of the molecule is c1ccc2c(c1)C1=NC2=NC2N=C(NC3=NC(N=c4[nH]c(c5ccccc45)=N1)c1ccccc13)c1ccccc12. The van der Waals surface area contributed by atoms with Gasteiger partial charge in [-0.15, -0.1) is 0 Å². The summed E-state index contributed by atoms with van der Waals surface area (Å²) in [6.45, 7) is 0. The molecule has 0 saturated heterocycles. The van der Waals surface area contributed by atoms with Gasteiger partial charge in [0.1, 0.15) is 22.6 Å². The molecule has 8 heteroatoms. The molecule has 9 rings (SSSR count). The van der Waals surface area contributed by atoms with Crippen molar-refractivity contribution in [3.05, 3.63) is 141 Å². The molecule has 2 atom stereocenters. The smallest absolute Gasteiger partial charge is 0.170 e. The van der Waals surface area contributed by atoms with Gasteiger partial charge in [0, 0.05) is 44.2 Å². The van der Waals surface area contributed by atoms with Gasteiger partial charge in [0.2, 0.25) is 0 Å². The summed E-state index contributed by atoms with van der Waals surface area (Å²) in [5, 5.41) is 5.50. The van der Waals surface area contributed by atoms with Crippen LogP contribution in [0.5, 0.6) is 0 Å². The zero-order valence-electron chi connectivity index (χ0n) is 21.1. The van der Waals surface area contributed by atoms with E-state index in [1.807, 2.05) is 60.7 Å². The van der Waals surface area contributed by atoms with Gasteiger partial charge in [0.15, 0.2) is 24.0 Å². The molecule has 0 radical (unpaired) electrons. The van der Waals surface area contributed by atoms with Crippen molar-refractivity contribution in [1.29, 1.82) is 0 Å². The molecule has 4 aromatic carbocycles. The maximum Gasteiger partial charge on any atom is 0.170 e. The van der Waals surface area contributed by atoms with E-state index in [4.69, 9.17) is 30.0 Å². The van der Waals surface area contributed by atoms with Crippen molar-refractivity contribution in [2.75, 3.05) is 0 Å². The molecule has 1 aromatic heterocycles. The fourth-order valence-electron chi connectivity index (χ4n) is 5.86. The van der Waals surface area contributed by atoms with Crippen molar-refractivity contribution in [2.24, 2.45) is 30.0 Å². The first-order valence-corrected chi connectivity index (χ1v) is 13.2. The molecule has 0 spiro atoms. The molecule has 5 aromatic rings. The van der Waals surface area contributed by atoms with E-state index in [2.05, 4.69) is 46.7 Å². The third-order valence-electron chi connectivity index (χ3n) is 7.74. The number of H-pyrrole nitrogens is 1. The summed E-state index contributed by atoms with van der Waals surface area (Å²) in [5.74, 6) is 2.71. The van der Waals surface area contributed by atoms with Crippen molar-refractivity contribution in [3.63, 3.8) is 0 Å². The molecular weight excluding hydrogens is 496 g/mol. The quantitative estimate of drug-likeness (QED) is 0.318. The van der Waals surface area contributed by atoms with E-state index >= 15 is 0 Å². The van der Waals surface area contributed by atoms with Crippen LogP contribution in [0.2, 0.25) is 0 Å². The number of nitrogens with zero attached hydrogens (tertiary/aromatic N) is 6. The van der Waals surface area contributed by atoms with Crippen molar-refractivity contribution < 1.29 is 0 Å². The van der Waals surface area contributed by atoms with Crippen LogP contribution in [0.1, 0.15) is 45.7 Å². The molecule has 188 valence electrons. The Morgan fingerprint density at radius 3 is 1.65 bits per heavy atom. The zero-order valence-corrected chi connectivity index (χ0v) is 21.1. The van der Waals surface area contributed by atoms with Gasteiger partial charge >= 0.3 is 0 Å². The van der Waals surface area contributed by atoms with E-state index in [9.17, 15) is 0 Å². The van der Waals surface area contributed by atoms with Gasteiger partial charge < -0.3 is 10.3 Å². The van der Waals surface area contributed by atoms with E-state index in [-0.39, 0.29) is 0 Å². The molecule has 8 nitrogen and oxygen atoms in total. The molecule has 4 aliphatic rings. The molecule has 4 aliphatic heterocycles. The van der Waals surface area contributed by atoms with Crippen molar-refractivity contribution in [2.45, 2.75) is 12.3 Å². The van der Waals surface area contributed by atoms with E-state index in [1.165, 1.54) is 0 Å². The van der Waals surface area contributed by atoms with Crippen molar-refractivity contribution >= 4 is 34.1 Å². The van der Waals surface area contributed by atoms with Crippen LogP contribution in [0, 0.1) is 0 Å². The predicted molar refractivity (Wildman–Crippen MR) is 155 cm³/mol. The van der Waals surface area contributed by atoms with Crippen LogP contribution >= 0.6 is 0 Å². The Hall–Kier alpha value is -5.50. The van der Waals surface area contributed by atoms with Crippen LogP contribution in [-0.2, 0) is 0 Å². The van der Waals surface area contributed by atoms with Crippen molar-refractivity contribution in [3.8, 4) is 0 Å². The topological polar surface area (TPSA) is 102 Å². The van der Waals surface area contributed by atoms with E-state index in [0.717, 1.165) is 61.3 Å².